The van der Waals surface area contributed by atoms with Crippen molar-refractivity contribution in [1.29, 1.82) is 5.26 Å². The number of piperidine rings is 1. The maximum Gasteiger partial charge on any atom is 0.153 e. The Morgan fingerprint density at radius 3 is 3.00 bits per heavy atom. The van der Waals surface area contributed by atoms with Crippen LogP contribution in [0.2, 0.25) is 0 Å². The summed E-state index contributed by atoms with van der Waals surface area (Å²) in [5.74, 6) is -0.197. The van der Waals surface area contributed by atoms with Crippen molar-refractivity contribution in [2.45, 2.75) is 31.3 Å². The van der Waals surface area contributed by atoms with E-state index >= 15 is 0 Å². The van der Waals surface area contributed by atoms with Gasteiger partial charge in [-0.25, -0.2) is 0 Å². The van der Waals surface area contributed by atoms with E-state index < -0.39 is 0 Å². The minimum Gasteiger partial charge on any atom is -0.298 e. The molecule has 0 aromatic carbocycles. The average Bonchev–Trinajstić information content (AvgIpc) is 2.34. The number of rotatable bonds is 0. The molecule has 2 rings (SSSR count). The van der Waals surface area contributed by atoms with Gasteiger partial charge in [0.15, 0.2) is 5.78 Å². The Kier molecular flexibility index (Phi) is 1.66. The second kappa shape index (κ2) is 2.56. The molecule has 2 saturated heterocycles. The van der Waals surface area contributed by atoms with Gasteiger partial charge in [-0.2, -0.15) is 5.26 Å². The number of Topliss-reactive ketones (excluding diaryl/α,β-unsaturated/α-hetero) is 1. The van der Waals surface area contributed by atoms with Gasteiger partial charge >= 0.3 is 0 Å². The minimum atomic E-state index is -0.353. The fraction of sp³-hybridized carbons (Fsp3) is 0.778. The van der Waals surface area contributed by atoms with Crippen molar-refractivity contribution in [3.63, 3.8) is 0 Å². The highest BCUT2D eigenvalue weighted by molar-refractivity contribution is 5.85. The maximum absolute atomic E-state index is 11.4. The molecule has 3 atom stereocenters. The van der Waals surface area contributed by atoms with Gasteiger partial charge < -0.3 is 0 Å². The summed E-state index contributed by atoms with van der Waals surface area (Å²) >= 11 is 0. The summed E-state index contributed by atoms with van der Waals surface area (Å²) in [6.07, 6.45) is 2.70. The lowest BCUT2D eigenvalue weighted by atomic mass is 9.91. The van der Waals surface area contributed by atoms with E-state index in [9.17, 15) is 4.79 Å². The Labute approximate surface area is 72.0 Å². The van der Waals surface area contributed by atoms with Crippen LogP contribution in [0.15, 0.2) is 0 Å². The van der Waals surface area contributed by atoms with Gasteiger partial charge in [0.1, 0.15) is 5.92 Å². The molecule has 0 aliphatic carbocycles. The van der Waals surface area contributed by atoms with Crippen LogP contribution < -0.4 is 0 Å². The molecule has 0 N–H and O–H groups in total. The number of fused-ring (bicyclic) bond motifs is 2. The third-order valence-corrected chi connectivity index (χ3v) is 3.20. The summed E-state index contributed by atoms with van der Waals surface area (Å²) in [5.41, 5.74) is 0. The highest BCUT2D eigenvalue weighted by Gasteiger charge is 2.44. The first-order valence-corrected chi connectivity index (χ1v) is 4.38. The highest BCUT2D eigenvalue weighted by atomic mass is 16.1. The second-order valence-corrected chi connectivity index (χ2v) is 3.74. The molecular formula is C9H12N2O. The molecule has 0 saturated carbocycles. The fourth-order valence-electron chi connectivity index (χ4n) is 2.42. The predicted octanol–water partition coefficient (Wildman–Crippen LogP) is 0.562. The molecule has 2 fully saturated rings. The van der Waals surface area contributed by atoms with E-state index in [2.05, 4.69) is 11.0 Å². The molecule has 64 valence electrons. The van der Waals surface area contributed by atoms with Crippen molar-refractivity contribution < 1.29 is 4.79 Å². The van der Waals surface area contributed by atoms with Crippen LogP contribution in [0.3, 0.4) is 0 Å². The number of nitriles is 1. The number of nitrogens with zero attached hydrogens (tertiary/aromatic N) is 2. The molecular weight excluding hydrogens is 152 g/mol. The van der Waals surface area contributed by atoms with Crippen LogP contribution >= 0.6 is 0 Å². The van der Waals surface area contributed by atoms with E-state index in [-0.39, 0.29) is 17.7 Å². The maximum atomic E-state index is 11.4. The Balaban J connectivity index is 2.27. The molecule has 0 amide bonds. The Morgan fingerprint density at radius 2 is 2.33 bits per heavy atom. The van der Waals surface area contributed by atoms with Crippen molar-refractivity contribution in [2.24, 2.45) is 5.92 Å². The molecule has 2 bridgehead atoms. The SMILES string of the molecule is CN1C2CCC1C(C#N)C(=O)C2. The van der Waals surface area contributed by atoms with Crippen LogP contribution in [0.4, 0.5) is 0 Å². The molecule has 3 nitrogen and oxygen atoms in total. The van der Waals surface area contributed by atoms with Crippen molar-refractivity contribution in [3.8, 4) is 6.07 Å². The summed E-state index contributed by atoms with van der Waals surface area (Å²) in [4.78, 5) is 13.6. The summed E-state index contributed by atoms with van der Waals surface area (Å²) < 4.78 is 0. The van der Waals surface area contributed by atoms with E-state index in [1.807, 2.05) is 7.05 Å². The van der Waals surface area contributed by atoms with Gasteiger partial charge in [-0.3, -0.25) is 9.69 Å². The largest absolute Gasteiger partial charge is 0.298 e. The molecule has 0 aromatic heterocycles. The summed E-state index contributed by atoms with van der Waals surface area (Å²) in [6, 6.07) is 2.75. The molecule has 3 heteroatoms. The summed E-state index contributed by atoms with van der Waals surface area (Å²) in [5, 5.41) is 8.80. The van der Waals surface area contributed by atoms with E-state index in [0.717, 1.165) is 12.8 Å². The smallest absolute Gasteiger partial charge is 0.153 e. The zero-order valence-electron chi connectivity index (χ0n) is 7.16. The van der Waals surface area contributed by atoms with E-state index in [4.69, 9.17) is 5.26 Å². The van der Waals surface area contributed by atoms with Crippen molar-refractivity contribution >= 4 is 5.78 Å². The minimum absolute atomic E-state index is 0.156. The normalized spacial score (nSPS) is 41.3. The Hall–Kier alpha value is -0.880. The second-order valence-electron chi connectivity index (χ2n) is 3.74. The van der Waals surface area contributed by atoms with E-state index in [0.29, 0.717) is 12.5 Å². The van der Waals surface area contributed by atoms with Gasteiger partial charge in [-0.05, 0) is 19.9 Å². The third kappa shape index (κ3) is 0.881. The first-order valence-electron chi connectivity index (χ1n) is 4.38. The highest BCUT2D eigenvalue weighted by Crippen LogP contribution is 2.35. The van der Waals surface area contributed by atoms with Crippen LogP contribution in [0.5, 0.6) is 0 Å². The van der Waals surface area contributed by atoms with Crippen molar-refractivity contribution in [1.82, 2.24) is 4.90 Å². The van der Waals surface area contributed by atoms with E-state index in [1.165, 1.54) is 0 Å². The first-order chi connectivity index (χ1) is 5.74. The zero-order chi connectivity index (χ0) is 8.72. The van der Waals surface area contributed by atoms with Crippen molar-refractivity contribution in [3.05, 3.63) is 0 Å². The van der Waals surface area contributed by atoms with Crippen LogP contribution in [-0.2, 0) is 4.79 Å². The van der Waals surface area contributed by atoms with Crippen LogP contribution in [0, 0.1) is 17.2 Å². The lowest BCUT2D eigenvalue weighted by Crippen LogP contribution is -2.46. The predicted molar refractivity (Wildman–Crippen MR) is 43.3 cm³/mol. The van der Waals surface area contributed by atoms with Crippen molar-refractivity contribution in [2.75, 3.05) is 7.05 Å². The van der Waals surface area contributed by atoms with Gasteiger partial charge in [0.2, 0.25) is 0 Å². The molecule has 12 heavy (non-hydrogen) atoms. The number of carbonyl (C=O) groups is 1. The van der Waals surface area contributed by atoms with Gasteiger partial charge in [-0.1, -0.05) is 0 Å². The Bertz CT molecular complexity index is 256. The number of ketones is 1. The Morgan fingerprint density at radius 1 is 1.58 bits per heavy atom. The molecule has 2 heterocycles. The molecule has 2 aliphatic rings. The summed E-state index contributed by atoms with van der Waals surface area (Å²) in [6.45, 7) is 0. The lowest BCUT2D eigenvalue weighted by molar-refractivity contribution is -0.126. The average molecular weight is 164 g/mol. The molecule has 3 unspecified atom stereocenters. The molecule has 0 aromatic rings. The first kappa shape index (κ1) is 7.75. The van der Waals surface area contributed by atoms with Gasteiger partial charge in [-0.15, -0.1) is 0 Å². The van der Waals surface area contributed by atoms with Gasteiger partial charge in [0, 0.05) is 18.5 Å². The van der Waals surface area contributed by atoms with Crippen LogP contribution in [0.25, 0.3) is 0 Å². The lowest BCUT2D eigenvalue weighted by Gasteiger charge is -2.32. The molecule has 0 spiro atoms. The topological polar surface area (TPSA) is 44.1 Å². The number of carbonyl (C=O) groups excluding carboxylic acids is 1. The summed E-state index contributed by atoms with van der Waals surface area (Å²) in [7, 11) is 2.03. The number of hydrogen-bond donors (Lipinski definition) is 0. The van der Waals surface area contributed by atoms with E-state index in [1.54, 1.807) is 0 Å². The molecule has 0 radical (unpaired) electrons. The third-order valence-electron chi connectivity index (χ3n) is 3.20. The number of hydrogen-bond acceptors (Lipinski definition) is 3. The van der Waals surface area contributed by atoms with Gasteiger partial charge in [0.25, 0.3) is 0 Å². The molecule has 2 aliphatic heterocycles. The monoisotopic (exact) mass is 164 g/mol. The quantitative estimate of drug-likeness (QED) is 0.525. The zero-order valence-corrected chi connectivity index (χ0v) is 7.16. The standard InChI is InChI=1S/C9H12N2O/c1-11-6-2-3-8(11)7(5-10)9(12)4-6/h6-8H,2-4H2,1H3. The fourth-order valence-corrected chi connectivity index (χ4v) is 2.42. The van der Waals surface area contributed by atoms with Crippen LogP contribution in [-0.4, -0.2) is 29.8 Å². The van der Waals surface area contributed by atoms with Gasteiger partial charge in [0.05, 0.1) is 6.07 Å². The van der Waals surface area contributed by atoms with Crippen LogP contribution in [0.1, 0.15) is 19.3 Å².